The number of halogens is 1. The summed E-state index contributed by atoms with van der Waals surface area (Å²) in [5, 5.41) is 9.72. The number of hydrogen-bond donors (Lipinski definition) is 1. The summed E-state index contributed by atoms with van der Waals surface area (Å²) in [6.45, 7) is 3.49. The van der Waals surface area contributed by atoms with E-state index >= 15 is 0 Å². The van der Waals surface area contributed by atoms with E-state index in [0.717, 1.165) is 47.6 Å². The number of ether oxygens (including phenoxy) is 1. The van der Waals surface area contributed by atoms with Gasteiger partial charge in [0.2, 0.25) is 0 Å². The Morgan fingerprint density at radius 1 is 1.12 bits per heavy atom. The number of fused-ring (bicyclic) bond motifs is 1. The predicted molar refractivity (Wildman–Crippen MR) is 96.6 cm³/mol. The SMILES string of the molecule is Cc1cccc2c1nc(COc1ccc(Cl)cc1)n2CCCCO. The summed E-state index contributed by atoms with van der Waals surface area (Å²) in [5.41, 5.74) is 3.28. The smallest absolute Gasteiger partial charge is 0.148 e. The minimum Gasteiger partial charge on any atom is -0.486 e. The van der Waals surface area contributed by atoms with E-state index in [9.17, 15) is 0 Å². The van der Waals surface area contributed by atoms with Crippen LogP contribution >= 0.6 is 11.6 Å². The van der Waals surface area contributed by atoms with Gasteiger partial charge in [0, 0.05) is 18.2 Å². The van der Waals surface area contributed by atoms with Crippen molar-refractivity contribution >= 4 is 22.6 Å². The number of benzene rings is 2. The lowest BCUT2D eigenvalue weighted by Gasteiger charge is -2.10. The van der Waals surface area contributed by atoms with Gasteiger partial charge in [-0.3, -0.25) is 0 Å². The predicted octanol–water partition coefficient (Wildman–Crippen LogP) is 4.35. The molecule has 0 spiro atoms. The summed E-state index contributed by atoms with van der Waals surface area (Å²) in [4.78, 5) is 4.77. The highest BCUT2D eigenvalue weighted by Gasteiger charge is 2.12. The van der Waals surface area contributed by atoms with Gasteiger partial charge in [0.25, 0.3) is 0 Å². The van der Waals surface area contributed by atoms with Gasteiger partial charge >= 0.3 is 0 Å². The number of nitrogens with zero attached hydrogens (tertiary/aromatic N) is 2. The molecular formula is C19H21ClN2O2. The number of imidazole rings is 1. The average molecular weight is 345 g/mol. The molecule has 0 amide bonds. The van der Waals surface area contributed by atoms with Crippen molar-refractivity contribution < 1.29 is 9.84 Å². The highest BCUT2D eigenvalue weighted by Crippen LogP contribution is 2.22. The van der Waals surface area contributed by atoms with Crippen molar-refractivity contribution in [3.8, 4) is 5.75 Å². The molecule has 0 aliphatic rings. The Morgan fingerprint density at radius 3 is 2.67 bits per heavy atom. The van der Waals surface area contributed by atoms with Crippen LogP contribution in [0.15, 0.2) is 42.5 Å². The number of aromatic nitrogens is 2. The third-order valence-corrected chi connectivity index (χ3v) is 4.28. The van der Waals surface area contributed by atoms with Crippen molar-refractivity contribution in [2.24, 2.45) is 0 Å². The fraction of sp³-hybridized carbons (Fsp3) is 0.316. The van der Waals surface area contributed by atoms with E-state index in [0.29, 0.717) is 11.6 Å². The maximum atomic E-state index is 9.04. The summed E-state index contributed by atoms with van der Waals surface area (Å²) >= 11 is 5.90. The number of hydrogen-bond acceptors (Lipinski definition) is 3. The van der Waals surface area contributed by atoms with Crippen LogP contribution < -0.4 is 4.74 Å². The van der Waals surface area contributed by atoms with Crippen molar-refractivity contribution in [3.05, 3.63) is 58.9 Å². The Labute approximate surface area is 146 Å². The fourth-order valence-electron chi connectivity index (χ4n) is 2.76. The van der Waals surface area contributed by atoms with Gasteiger partial charge in [-0.25, -0.2) is 4.98 Å². The Morgan fingerprint density at radius 2 is 1.92 bits per heavy atom. The molecule has 0 fully saturated rings. The molecule has 4 nitrogen and oxygen atoms in total. The molecule has 24 heavy (non-hydrogen) atoms. The molecule has 1 aromatic heterocycles. The van der Waals surface area contributed by atoms with E-state index in [1.54, 1.807) is 0 Å². The Kier molecular flexibility index (Phi) is 5.38. The minimum absolute atomic E-state index is 0.211. The minimum atomic E-state index is 0.211. The Hall–Kier alpha value is -2.04. The number of aliphatic hydroxyl groups excluding tert-OH is 1. The second kappa shape index (κ2) is 7.69. The first kappa shape index (κ1) is 16.8. The van der Waals surface area contributed by atoms with Crippen LogP contribution in [0.25, 0.3) is 11.0 Å². The number of aryl methyl sites for hydroxylation is 2. The quantitative estimate of drug-likeness (QED) is 0.648. The van der Waals surface area contributed by atoms with Gasteiger partial charge in [-0.05, 0) is 55.7 Å². The largest absolute Gasteiger partial charge is 0.486 e. The molecule has 2 aromatic carbocycles. The zero-order chi connectivity index (χ0) is 16.9. The van der Waals surface area contributed by atoms with E-state index in [2.05, 4.69) is 23.6 Å². The van der Waals surface area contributed by atoms with Crippen LogP contribution in [-0.2, 0) is 13.2 Å². The topological polar surface area (TPSA) is 47.3 Å². The average Bonchev–Trinajstić information content (AvgIpc) is 2.94. The highest BCUT2D eigenvalue weighted by atomic mass is 35.5. The van der Waals surface area contributed by atoms with Gasteiger partial charge < -0.3 is 14.4 Å². The molecule has 0 atom stereocenters. The van der Waals surface area contributed by atoms with Crippen molar-refractivity contribution in [2.45, 2.75) is 32.9 Å². The third kappa shape index (κ3) is 3.71. The first-order valence-electron chi connectivity index (χ1n) is 8.13. The first-order chi connectivity index (χ1) is 11.7. The number of rotatable bonds is 7. The van der Waals surface area contributed by atoms with Gasteiger partial charge in [0.05, 0.1) is 11.0 Å². The summed E-state index contributed by atoms with van der Waals surface area (Å²) < 4.78 is 8.06. The molecule has 0 bridgehead atoms. The molecule has 0 aliphatic carbocycles. The Balaban J connectivity index is 1.85. The number of para-hydroxylation sites is 1. The standard InChI is InChI=1S/C19H21ClN2O2/c1-14-5-4-6-17-19(14)21-18(22(17)11-2-3-12-23)13-24-16-9-7-15(20)8-10-16/h4-10,23H,2-3,11-13H2,1H3. The molecule has 3 aromatic rings. The van der Waals surface area contributed by atoms with Crippen LogP contribution in [-0.4, -0.2) is 21.3 Å². The van der Waals surface area contributed by atoms with E-state index in [1.807, 2.05) is 30.3 Å². The number of aliphatic hydroxyl groups is 1. The molecule has 0 aliphatic heterocycles. The maximum Gasteiger partial charge on any atom is 0.148 e. The summed E-state index contributed by atoms with van der Waals surface area (Å²) in [6, 6.07) is 13.5. The van der Waals surface area contributed by atoms with E-state index in [-0.39, 0.29) is 6.61 Å². The second-order valence-corrected chi connectivity index (χ2v) is 6.23. The van der Waals surface area contributed by atoms with Crippen LogP contribution in [0.4, 0.5) is 0 Å². The first-order valence-corrected chi connectivity index (χ1v) is 8.51. The summed E-state index contributed by atoms with van der Waals surface area (Å²) in [7, 11) is 0. The second-order valence-electron chi connectivity index (χ2n) is 5.80. The summed E-state index contributed by atoms with van der Waals surface area (Å²) in [5.74, 6) is 1.66. The lowest BCUT2D eigenvalue weighted by atomic mass is 10.2. The molecule has 0 saturated heterocycles. The molecule has 5 heteroatoms. The zero-order valence-electron chi connectivity index (χ0n) is 13.7. The molecular weight excluding hydrogens is 324 g/mol. The van der Waals surface area contributed by atoms with Crippen molar-refractivity contribution in [2.75, 3.05) is 6.61 Å². The van der Waals surface area contributed by atoms with E-state index in [4.69, 9.17) is 26.4 Å². The molecule has 0 unspecified atom stereocenters. The lowest BCUT2D eigenvalue weighted by Crippen LogP contribution is -2.08. The molecule has 126 valence electrons. The van der Waals surface area contributed by atoms with Crippen molar-refractivity contribution in [1.29, 1.82) is 0 Å². The van der Waals surface area contributed by atoms with Crippen LogP contribution in [0.5, 0.6) is 5.75 Å². The third-order valence-electron chi connectivity index (χ3n) is 4.03. The molecule has 0 saturated carbocycles. The van der Waals surface area contributed by atoms with Crippen LogP contribution in [0.3, 0.4) is 0 Å². The van der Waals surface area contributed by atoms with Crippen molar-refractivity contribution in [1.82, 2.24) is 9.55 Å². The summed E-state index contributed by atoms with van der Waals surface area (Å²) in [6.07, 6.45) is 1.69. The normalized spacial score (nSPS) is 11.1. The monoisotopic (exact) mass is 344 g/mol. The molecule has 1 heterocycles. The van der Waals surface area contributed by atoms with Gasteiger partial charge in [-0.1, -0.05) is 23.7 Å². The Bertz CT molecular complexity index is 812. The van der Waals surface area contributed by atoms with Gasteiger partial charge in [0.1, 0.15) is 18.2 Å². The maximum absolute atomic E-state index is 9.04. The zero-order valence-corrected chi connectivity index (χ0v) is 14.5. The lowest BCUT2D eigenvalue weighted by molar-refractivity contribution is 0.275. The molecule has 0 radical (unpaired) electrons. The van der Waals surface area contributed by atoms with Gasteiger partial charge in [-0.15, -0.1) is 0 Å². The van der Waals surface area contributed by atoms with Crippen LogP contribution in [0.1, 0.15) is 24.2 Å². The fourth-order valence-corrected chi connectivity index (χ4v) is 2.88. The van der Waals surface area contributed by atoms with Gasteiger partial charge in [0.15, 0.2) is 0 Å². The molecule has 1 N–H and O–H groups in total. The van der Waals surface area contributed by atoms with E-state index < -0.39 is 0 Å². The van der Waals surface area contributed by atoms with Crippen LogP contribution in [0, 0.1) is 6.92 Å². The highest BCUT2D eigenvalue weighted by molar-refractivity contribution is 6.30. The van der Waals surface area contributed by atoms with E-state index in [1.165, 1.54) is 0 Å². The molecule has 3 rings (SSSR count). The van der Waals surface area contributed by atoms with Crippen molar-refractivity contribution in [3.63, 3.8) is 0 Å². The number of unbranched alkanes of at least 4 members (excludes halogenated alkanes) is 1. The van der Waals surface area contributed by atoms with Crippen LogP contribution in [0.2, 0.25) is 5.02 Å². The van der Waals surface area contributed by atoms with Gasteiger partial charge in [-0.2, -0.15) is 0 Å².